The minimum Gasteiger partial charge on any atom is -0.462 e. The van der Waals surface area contributed by atoms with Crippen LogP contribution in [0.5, 0.6) is 0 Å². The zero-order chi connectivity index (χ0) is 18.0. The number of nitrogens with one attached hydrogen (secondary N) is 1. The molecule has 9 nitrogen and oxygen atoms in total. The summed E-state index contributed by atoms with van der Waals surface area (Å²) in [5, 5.41) is 8.44. The number of fused-ring (bicyclic) bond motifs is 1. The van der Waals surface area contributed by atoms with Gasteiger partial charge in [-0.05, 0) is 20.3 Å². The van der Waals surface area contributed by atoms with Gasteiger partial charge in [0.05, 0.1) is 23.9 Å². The van der Waals surface area contributed by atoms with Gasteiger partial charge in [0.2, 0.25) is 0 Å². The quantitative estimate of drug-likeness (QED) is 0.786. The van der Waals surface area contributed by atoms with E-state index in [9.17, 15) is 9.59 Å². The van der Waals surface area contributed by atoms with Crippen LogP contribution < -0.4 is 11.1 Å². The summed E-state index contributed by atoms with van der Waals surface area (Å²) in [6.07, 6.45) is 3.95. The number of aromatic nitrogens is 3. The van der Waals surface area contributed by atoms with Gasteiger partial charge in [0.15, 0.2) is 5.65 Å². The number of amides is 2. The van der Waals surface area contributed by atoms with E-state index in [1.807, 2.05) is 6.92 Å². The van der Waals surface area contributed by atoms with Gasteiger partial charge in [-0.3, -0.25) is 0 Å². The van der Waals surface area contributed by atoms with Crippen LogP contribution in [0.2, 0.25) is 0 Å². The van der Waals surface area contributed by atoms with Gasteiger partial charge in [-0.2, -0.15) is 5.10 Å². The number of ether oxygens (including phenoxy) is 1. The van der Waals surface area contributed by atoms with Crippen LogP contribution in [0.4, 0.5) is 10.5 Å². The normalized spacial score (nSPS) is 17.0. The average molecular weight is 346 g/mol. The molecule has 25 heavy (non-hydrogen) atoms. The highest BCUT2D eigenvalue weighted by atomic mass is 16.5. The highest BCUT2D eigenvalue weighted by molar-refractivity contribution is 6.04. The van der Waals surface area contributed by atoms with Crippen LogP contribution in [0.1, 0.15) is 30.6 Å². The number of nitrogens with zero attached hydrogens (tertiary/aromatic N) is 4. The van der Waals surface area contributed by atoms with Gasteiger partial charge in [0.25, 0.3) is 0 Å². The van der Waals surface area contributed by atoms with E-state index in [-0.39, 0.29) is 12.6 Å². The molecule has 3 heterocycles. The molecular weight excluding hydrogens is 324 g/mol. The summed E-state index contributed by atoms with van der Waals surface area (Å²) in [7, 11) is 0. The second kappa shape index (κ2) is 6.96. The lowest BCUT2D eigenvalue weighted by Gasteiger charge is -2.18. The number of primary amides is 1. The Bertz CT molecular complexity index is 803. The van der Waals surface area contributed by atoms with Crippen LogP contribution in [-0.2, 0) is 11.3 Å². The highest BCUT2D eigenvalue weighted by Gasteiger charge is 2.27. The Balaban J connectivity index is 1.98. The first-order valence-electron chi connectivity index (χ1n) is 8.37. The van der Waals surface area contributed by atoms with Gasteiger partial charge in [-0.15, -0.1) is 0 Å². The van der Waals surface area contributed by atoms with Crippen molar-refractivity contribution in [3.8, 4) is 0 Å². The third-order valence-electron chi connectivity index (χ3n) is 4.31. The minimum absolute atomic E-state index is 0.00347. The Morgan fingerprint density at radius 3 is 2.84 bits per heavy atom. The van der Waals surface area contributed by atoms with Crippen LogP contribution in [0.25, 0.3) is 11.0 Å². The molecule has 0 bridgehead atoms. The summed E-state index contributed by atoms with van der Waals surface area (Å²) >= 11 is 0. The third-order valence-corrected chi connectivity index (χ3v) is 4.31. The summed E-state index contributed by atoms with van der Waals surface area (Å²) in [6.45, 7) is 5.76. The molecule has 0 radical (unpaired) electrons. The van der Waals surface area contributed by atoms with Crippen molar-refractivity contribution in [1.82, 2.24) is 19.7 Å². The van der Waals surface area contributed by atoms with Crippen molar-refractivity contribution in [3.63, 3.8) is 0 Å². The molecule has 3 rings (SSSR count). The second-order valence-corrected chi connectivity index (χ2v) is 5.88. The number of hydrogen-bond acceptors (Lipinski definition) is 6. The van der Waals surface area contributed by atoms with Crippen molar-refractivity contribution >= 4 is 28.7 Å². The zero-order valence-corrected chi connectivity index (χ0v) is 14.4. The topological polar surface area (TPSA) is 115 Å². The number of urea groups is 1. The number of likely N-dealkylation sites (tertiary alicyclic amines) is 1. The second-order valence-electron chi connectivity index (χ2n) is 5.88. The van der Waals surface area contributed by atoms with E-state index in [4.69, 9.17) is 10.5 Å². The molecular formula is C16H22N6O3. The molecule has 2 aromatic rings. The molecule has 0 saturated carbocycles. The van der Waals surface area contributed by atoms with E-state index in [1.54, 1.807) is 22.7 Å². The monoisotopic (exact) mass is 346 g/mol. The fraction of sp³-hybridized carbons (Fsp3) is 0.500. The first-order valence-corrected chi connectivity index (χ1v) is 8.37. The zero-order valence-electron chi connectivity index (χ0n) is 14.4. The van der Waals surface area contributed by atoms with Crippen molar-refractivity contribution in [3.05, 3.63) is 18.0 Å². The largest absolute Gasteiger partial charge is 0.462 e. The highest BCUT2D eigenvalue weighted by Crippen LogP contribution is 2.28. The van der Waals surface area contributed by atoms with Crippen molar-refractivity contribution in [1.29, 1.82) is 0 Å². The predicted octanol–water partition coefficient (Wildman–Crippen LogP) is 1.19. The van der Waals surface area contributed by atoms with Crippen LogP contribution in [0.15, 0.2) is 12.4 Å². The predicted molar refractivity (Wildman–Crippen MR) is 92.3 cm³/mol. The van der Waals surface area contributed by atoms with E-state index in [0.717, 1.165) is 11.8 Å². The summed E-state index contributed by atoms with van der Waals surface area (Å²) < 4.78 is 6.91. The Morgan fingerprint density at radius 2 is 2.20 bits per heavy atom. The molecule has 0 aromatic carbocycles. The Morgan fingerprint density at radius 1 is 1.40 bits per heavy atom. The molecule has 9 heteroatoms. The summed E-state index contributed by atoms with van der Waals surface area (Å²) in [5.74, 6) is -0.437. The Labute approximate surface area is 145 Å². The van der Waals surface area contributed by atoms with Gasteiger partial charge in [-0.1, -0.05) is 0 Å². The molecule has 3 N–H and O–H groups in total. The van der Waals surface area contributed by atoms with Crippen LogP contribution in [-0.4, -0.2) is 57.4 Å². The molecule has 2 amide bonds. The number of esters is 1. The van der Waals surface area contributed by atoms with Crippen LogP contribution in [0, 0.1) is 0 Å². The third kappa shape index (κ3) is 3.21. The molecule has 2 aromatic heterocycles. The fourth-order valence-electron chi connectivity index (χ4n) is 3.06. The first kappa shape index (κ1) is 17.0. The smallest absolute Gasteiger partial charge is 0.341 e. The molecule has 1 fully saturated rings. The van der Waals surface area contributed by atoms with E-state index in [0.29, 0.717) is 36.5 Å². The van der Waals surface area contributed by atoms with Crippen LogP contribution >= 0.6 is 0 Å². The number of aryl methyl sites for hydroxylation is 1. The van der Waals surface area contributed by atoms with Crippen molar-refractivity contribution < 1.29 is 14.3 Å². The van der Waals surface area contributed by atoms with Crippen LogP contribution in [0.3, 0.4) is 0 Å². The minimum atomic E-state index is -0.437. The molecule has 0 spiro atoms. The molecule has 1 unspecified atom stereocenters. The molecule has 1 saturated heterocycles. The maximum atomic E-state index is 12.3. The van der Waals surface area contributed by atoms with Gasteiger partial charge in [-0.25, -0.2) is 19.3 Å². The molecule has 1 atom stereocenters. The number of pyridine rings is 1. The summed E-state index contributed by atoms with van der Waals surface area (Å²) in [4.78, 5) is 29.6. The molecule has 134 valence electrons. The maximum Gasteiger partial charge on any atom is 0.341 e. The number of carbonyl (C=O) groups excluding carboxylic acids is 2. The van der Waals surface area contributed by atoms with Gasteiger partial charge >= 0.3 is 12.0 Å². The Hall–Kier alpha value is -2.84. The van der Waals surface area contributed by atoms with Gasteiger partial charge < -0.3 is 20.7 Å². The van der Waals surface area contributed by atoms with Crippen molar-refractivity contribution in [2.45, 2.75) is 32.9 Å². The molecule has 1 aliphatic rings. The maximum absolute atomic E-state index is 12.3. The van der Waals surface area contributed by atoms with Gasteiger partial charge in [0, 0.05) is 31.9 Å². The molecule has 0 aliphatic carbocycles. The van der Waals surface area contributed by atoms with Crippen molar-refractivity contribution in [2.24, 2.45) is 5.73 Å². The van der Waals surface area contributed by atoms with E-state index in [1.165, 1.54) is 6.20 Å². The van der Waals surface area contributed by atoms with Gasteiger partial charge in [0.1, 0.15) is 5.56 Å². The SMILES string of the molecule is CCOC(=O)c1cnc2c(cnn2CC)c1NC1CCN(C(N)=O)C1. The number of rotatable bonds is 5. The van der Waals surface area contributed by atoms with E-state index < -0.39 is 12.0 Å². The van der Waals surface area contributed by atoms with E-state index in [2.05, 4.69) is 15.4 Å². The fourth-order valence-corrected chi connectivity index (χ4v) is 3.06. The standard InChI is InChI=1S/C16H22N6O3/c1-3-22-14-11(8-19-22)13(12(7-18-14)15(23)25-4-2)20-10-5-6-21(9-10)16(17)24/h7-8,10H,3-6,9H2,1-2H3,(H2,17,24)(H,18,20). The number of nitrogens with two attached hydrogens (primary N) is 1. The number of carbonyl (C=O) groups is 2. The lowest BCUT2D eigenvalue weighted by atomic mass is 10.1. The summed E-state index contributed by atoms with van der Waals surface area (Å²) in [6, 6.07) is -0.440. The lowest BCUT2D eigenvalue weighted by molar-refractivity contribution is 0.0527. The first-order chi connectivity index (χ1) is 12.0. The Kier molecular flexibility index (Phi) is 4.73. The van der Waals surface area contributed by atoms with E-state index >= 15 is 0 Å². The molecule has 1 aliphatic heterocycles. The number of hydrogen-bond donors (Lipinski definition) is 2. The lowest BCUT2D eigenvalue weighted by Crippen LogP contribution is -2.35. The summed E-state index contributed by atoms with van der Waals surface area (Å²) in [5.41, 5.74) is 7.04. The average Bonchev–Trinajstić information content (AvgIpc) is 3.21. The van der Waals surface area contributed by atoms with Crippen molar-refractivity contribution in [2.75, 3.05) is 25.0 Å². The number of anilines is 1.